The Morgan fingerprint density at radius 1 is 1.22 bits per heavy atom. The second-order valence-electron chi connectivity index (χ2n) is 4.69. The number of para-hydroxylation sites is 1. The first kappa shape index (κ1) is 16.8. The van der Waals surface area contributed by atoms with Crippen molar-refractivity contribution in [1.82, 2.24) is 5.32 Å². The Balaban J connectivity index is 1.78. The van der Waals surface area contributed by atoms with Gasteiger partial charge in [-0.3, -0.25) is 14.9 Å². The van der Waals surface area contributed by atoms with E-state index in [0.29, 0.717) is 19.6 Å². The molecule has 0 saturated carbocycles. The minimum atomic E-state index is -0.561. The van der Waals surface area contributed by atoms with Gasteiger partial charge < -0.3 is 10.1 Å². The maximum absolute atomic E-state index is 12.0. The van der Waals surface area contributed by atoms with Crippen molar-refractivity contribution in [1.29, 1.82) is 0 Å². The molecule has 0 bridgehead atoms. The van der Waals surface area contributed by atoms with E-state index in [4.69, 9.17) is 16.3 Å². The largest absolute Gasteiger partial charge is 0.494 e. The lowest BCUT2D eigenvalue weighted by atomic mass is 10.2. The van der Waals surface area contributed by atoms with Gasteiger partial charge in [0.25, 0.3) is 11.6 Å². The van der Waals surface area contributed by atoms with Gasteiger partial charge in [-0.1, -0.05) is 29.8 Å². The van der Waals surface area contributed by atoms with Gasteiger partial charge in [0, 0.05) is 18.7 Å². The maximum Gasteiger partial charge on any atom is 0.270 e. The van der Waals surface area contributed by atoms with Crippen molar-refractivity contribution in [3.05, 3.63) is 69.2 Å². The lowest BCUT2D eigenvalue weighted by molar-refractivity contribution is -0.384. The number of amides is 1. The molecule has 0 aliphatic rings. The second-order valence-corrected chi connectivity index (χ2v) is 5.10. The second kappa shape index (κ2) is 8.14. The quantitative estimate of drug-likeness (QED) is 0.477. The molecule has 0 radical (unpaired) electrons. The number of nitrogens with one attached hydrogen (secondary N) is 1. The Morgan fingerprint density at radius 3 is 2.61 bits per heavy atom. The van der Waals surface area contributed by atoms with E-state index >= 15 is 0 Å². The molecule has 0 aromatic heterocycles. The summed E-state index contributed by atoms with van der Waals surface area (Å²) >= 11 is 5.90. The average Bonchev–Trinajstić information content (AvgIpc) is 2.55. The number of nitro groups is 1. The lowest BCUT2D eigenvalue weighted by Crippen LogP contribution is -2.25. The van der Waals surface area contributed by atoms with Crippen molar-refractivity contribution in [3.8, 4) is 5.75 Å². The number of ether oxygens (including phenoxy) is 1. The SMILES string of the molecule is O=C(NCCCOc1ccccc1)c1ccc([N+](=O)[O-])cc1Cl. The van der Waals surface area contributed by atoms with Crippen LogP contribution in [0.15, 0.2) is 48.5 Å². The van der Waals surface area contributed by atoms with E-state index in [0.717, 1.165) is 11.8 Å². The van der Waals surface area contributed by atoms with Gasteiger partial charge in [0.15, 0.2) is 0 Å². The van der Waals surface area contributed by atoms with Gasteiger partial charge >= 0.3 is 0 Å². The summed E-state index contributed by atoms with van der Waals surface area (Å²) in [5.41, 5.74) is 0.0593. The van der Waals surface area contributed by atoms with Crippen LogP contribution < -0.4 is 10.1 Å². The Kier molecular flexibility index (Phi) is 5.94. The smallest absolute Gasteiger partial charge is 0.270 e. The Bertz CT molecular complexity index is 692. The molecule has 0 heterocycles. The van der Waals surface area contributed by atoms with Gasteiger partial charge in [-0.05, 0) is 24.6 Å². The molecule has 0 spiro atoms. The third-order valence-corrected chi connectivity index (χ3v) is 3.34. The first-order valence-electron chi connectivity index (χ1n) is 6.98. The molecule has 0 fully saturated rings. The van der Waals surface area contributed by atoms with Crippen LogP contribution in [0, 0.1) is 10.1 Å². The Morgan fingerprint density at radius 2 is 1.96 bits per heavy atom. The molecule has 1 N–H and O–H groups in total. The number of hydrogen-bond donors (Lipinski definition) is 1. The molecular formula is C16H15ClN2O4. The average molecular weight is 335 g/mol. The van der Waals surface area contributed by atoms with Crippen molar-refractivity contribution >= 4 is 23.2 Å². The van der Waals surface area contributed by atoms with Crippen molar-refractivity contribution in [2.24, 2.45) is 0 Å². The zero-order chi connectivity index (χ0) is 16.7. The Hall–Kier alpha value is -2.60. The standard InChI is InChI=1S/C16H15ClN2O4/c17-15-11-12(19(21)22)7-8-14(15)16(20)18-9-4-10-23-13-5-2-1-3-6-13/h1-3,5-8,11H,4,9-10H2,(H,18,20). The van der Waals surface area contributed by atoms with Crippen LogP contribution in [-0.2, 0) is 0 Å². The number of nitro benzene ring substituents is 1. The van der Waals surface area contributed by atoms with Gasteiger partial charge in [-0.25, -0.2) is 0 Å². The summed E-state index contributed by atoms with van der Waals surface area (Å²) in [6, 6.07) is 13.1. The summed E-state index contributed by atoms with van der Waals surface area (Å²) in [7, 11) is 0. The van der Waals surface area contributed by atoms with Crippen LogP contribution in [0.5, 0.6) is 5.75 Å². The third-order valence-electron chi connectivity index (χ3n) is 3.03. The summed E-state index contributed by atoms with van der Waals surface area (Å²) in [6.45, 7) is 0.886. The van der Waals surface area contributed by atoms with E-state index < -0.39 is 4.92 Å². The summed E-state index contributed by atoms with van der Waals surface area (Å²) in [5.74, 6) is 0.404. The number of hydrogen-bond acceptors (Lipinski definition) is 4. The molecule has 0 aliphatic heterocycles. The van der Waals surface area contributed by atoms with Crippen LogP contribution >= 0.6 is 11.6 Å². The molecule has 0 aliphatic carbocycles. The minimum absolute atomic E-state index is 0.0530. The molecule has 120 valence electrons. The van der Waals surface area contributed by atoms with Crippen LogP contribution in [0.25, 0.3) is 0 Å². The topological polar surface area (TPSA) is 81.5 Å². The van der Waals surface area contributed by atoms with E-state index in [-0.39, 0.29) is 22.2 Å². The molecule has 6 nitrogen and oxygen atoms in total. The zero-order valence-electron chi connectivity index (χ0n) is 12.2. The van der Waals surface area contributed by atoms with E-state index in [9.17, 15) is 14.9 Å². The van der Waals surface area contributed by atoms with Crippen LogP contribution in [0.3, 0.4) is 0 Å². The molecule has 2 rings (SSSR count). The van der Waals surface area contributed by atoms with Crippen molar-refractivity contribution in [2.45, 2.75) is 6.42 Å². The van der Waals surface area contributed by atoms with Crippen LogP contribution in [0.1, 0.15) is 16.8 Å². The first-order chi connectivity index (χ1) is 11.1. The number of benzene rings is 2. The normalized spacial score (nSPS) is 10.1. The highest BCUT2D eigenvalue weighted by atomic mass is 35.5. The summed E-state index contributed by atoms with van der Waals surface area (Å²) in [6.07, 6.45) is 0.630. The highest BCUT2D eigenvalue weighted by molar-refractivity contribution is 6.34. The summed E-state index contributed by atoms with van der Waals surface area (Å²) in [5, 5.41) is 13.4. The van der Waals surface area contributed by atoms with Crippen molar-refractivity contribution in [3.63, 3.8) is 0 Å². The third kappa shape index (κ3) is 4.96. The summed E-state index contributed by atoms with van der Waals surface area (Å²) < 4.78 is 5.51. The van der Waals surface area contributed by atoms with Crippen LogP contribution in [-0.4, -0.2) is 24.0 Å². The predicted octanol–water partition coefficient (Wildman–Crippen LogP) is 3.45. The van der Waals surface area contributed by atoms with Gasteiger partial charge in [0.1, 0.15) is 5.75 Å². The van der Waals surface area contributed by atoms with E-state index in [1.165, 1.54) is 12.1 Å². The van der Waals surface area contributed by atoms with Gasteiger partial charge in [0.2, 0.25) is 0 Å². The molecule has 0 unspecified atom stereocenters. The number of halogens is 1. The number of nitrogens with zero attached hydrogens (tertiary/aromatic N) is 1. The van der Waals surface area contributed by atoms with E-state index in [1.807, 2.05) is 30.3 Å². The van der Waals surface area contributed by atoms with Crippen LogP contribution in [0.2, 0.25) is 5.02 Å². The molecule has 0 saturated heterocycles. The molecule has 2 aromatic rings. The Labute approximate surface area is 138 Å². The number of rotatable bonds is 7. The fourth-order valence-corrected chi connectivity index (χ4v) is 2.14. The maximum atomic E-state index is 12.0. The van der Waals surface area contributed by atoms with Crippen molar-refractivity contribution < 1.29 is 14.5 Å². The molecule has 1 amide bonds. The fourth-order valence-electron chi connectivity index (χ4n) is 1.88. The van der Waals surface area contributed by atoms with E-state index in [2.05, 4.69) is 5.32 Å². The van der Waals surface area contributed by atoms with Gasteiger partial charge in [-0.2, -0.15) is 0 Å². The number of carbonyl (C=O) groups is 1. The first-order valence-corrected chi connectivity index (χ1v) is 7.35. The molecular weight excluding hydrogens is 320 g/mol. The number of non-ortho nitro benzene ring substituents is 1. The minimum Gasteiger partial charge on any atom is -0.494 e. The number of carbonyl (C=O) groups excluding carboxylic acids is 1. The summed E-state index contributed by atoms with van der Waals surface area (Å²) in [4.78, 5) is 22.0. The van der Waals surface area contributed by atoms with Gasteiger partial charge in [0.05, 0.1) is 22.1 Å². The molecule has 0 atom stereocenters. The highest BCUT2D eigenvalue weighted by Gasteiger charge is 2.14. The molecule has 2 aromatic carbocycles. The zero-order valence-corrected chi connectivity index (χ0v) is 13.0. The molecule has 23 heavy (non-hydrogen) atoms. The van der Waals surface area contributed by atoms with E-state index in [1.54, 1.807) is 0 Å². The lowest BCUT2D eigenvalue weighted by Gasteiger charge is -2.08. The van der Waals surface area contributed by atoms with Crippen LogP contribution in [0.4, 0.5) is 5.69 Å². The predicted molar refractivity (Wildman–Crippen MR) is 87.0 cm³/mol. The van der Waals surface area contributed by atoms with Gasteiger partial charge in [-0.15, -0.1) is 0 Å². The molecule has 7 heteroatoms. The monoisotopic (exact) mass is 334 g/mol. The van der Waals surface area contributed by atoms with Crippen molar-refractivity contribution in [2.75, 3.05) is 13.2 Å². The fraction of sp³-hybridized carbons (Fsp3) is 0.188. The highest BCUT2D eigenvalue weighted by Crippen LogP contribution is 2.22.